The Labute approximate surface area is 177 Å². The predicted molar refractivity (Wildman–Crippen MR) is 117 cm³/mol. The summed E-state index contributed by atoms with van der Waals surface area (Å²) in [7, 11) is -3.47. The number of nitrogens with one attached hydrogen (secondary N) is 3. The van der Waals surface area contributed by atoms with Crippen LogP contribution in [0.1, 0.15) is 41.0 Å². The van der Waals surface area contributed by atoms with Crippen LogP contribution >= 0.6 is 0 Å². The van der Waals surface area contributed by atoms with Crippen molar-refractivity contribution >= 4 is 33.1 Å². The molecule has 1 saturated heterocycles. The van der Waals surface area contributed by atoms with Crippen molar-refractivity contribution in [2.45, 2.75) is 65.3 Å². The summed E-state index contributed by atoms with van der Waals surface area (Å²) in [5, 5.41) is 16.8. The molecule has 0 aromatic carbocycles. The second-order valence-corrected chi connectivity index (χ2v) is 9.86. The number of hydrogen-bond donors (Lipinski definition) is 4. The number of aliphatic hydroxyl groups is 1. The molecule has 0 spiro atoms. The quantitative estimate of drug-likeness (QED) is 0.448. The van der Waals surface area contributed by atoms with Crippen molar-refractivity contribution < 1.29 is 13.5 Å². The number of anilines is 2. The molecule has 1 aliphatic rings. The molecule has 0 bridgehead atoms. The average Bonchev–Trinajstić information content (AvgIpc) is 3.28. The van der Waals surface area contributed by atoms with Gasteiger partial charge < -0.3 is 20.3 Å². The van der Waals surface area contributed by atoms with Crippen molar-refractivity contribution in [2.75, 3.05) is 30.3 Å². The van der Waals surface area contributed by atoms with Gasteiger partial charge in [0.05, 0.1) is 18.0 Å². The molecule has 0 radical (unpaired) electrons. The number of aromatic nitrogens is 4. The van der Waals surface area contributed by atoms with Crippen LogP contribution < -0.4 is 15.4 Å². The molecular weight excluding hydrogens is 408 g/mol. The Morgan fingerprint density at radius 3 is 2.70 bits per heavy atom. The molecule has 3 heterocycles. The van der Waals surface area contributed by atoms with E-state index in [1.807, 2.05) is 18.4 Å². The van der Waals surface area contributed by atoms with Crippen molar-refractivity contribution in [3.63, 3.8) is 0 Å². The molecule has 0 aliphatic carbocycles. The van der Waals surface area contributed by atoms with Crippen molar-refractivity contribution in [1.82, 2.24) is 28.5 Å². The van der Waals surface area contributed by atoms with E-state index >= 15 is 0 Å². The van der Waals surface area contributed by atoms with E-state index in [1.165, 1.54) is 4.31 Å². The second kappa shape index (κ2) is 8.61. The summed E-state index contributed by atoms with van der Waals surface area (Å²) in [6.45, 7) is 10.9. The number of hydrogen-bond acceptors (Lipinski definition) is 8. The zero-order chi connectivity index (χ0) is 22.1. The lowest BCUT2D eigenvalue weighted by Gasteiger charge is -2.27. The molecular formula is C18H32N8O3S. The summed E-state index contributed by atoms with van der Waals surface area (Å²) in [5.74, 6) is 0.926. The zero-order valence-electron chi connectivity index (χ0n) is 18.2. The summed E-state index contributed by atoms with van der Waals surface area (Å²) >= 11 is 0. The van der Waals surface area contributed by atoms with E-state index in [0.29, 0.717) is 55.5 Å². The van der Waals surface area contributed by atoms with Crippen LogP contribution in [0.2, 0.25) is 0 Å². The predicted octanol–water partition coefficient (Wildman–Crippen LogP) is 0.758. The molecule has 4 N–H and O–H groups in total. The topological polar surface area (TPSA) is 137 Å². The van der Waals surface area contributed by atoms with Crippen LogP contribution in [0.3, 0.4) is 0 Å². The molecule has 0 amide bonds. The van der Waals surface area contributed by atoms with Crippen molar-refractivity contribution in [3.05, 3.63) is 6.33 Å². The minimum absolute atomic E-state index is 0.0946. The van der Waals surface area contributed by atoms with E-state index in [9.17, 15) is 13.5 Å². The zero-order valence-corrected chi connectivity index (χ0v) is 19.0. The molecule has 1 fully saturated rings. The highest BCUT2D eigenvalue weighted by molar-refractivity contribution is 7.87. The summed E-state index contributed by atoms with van der Waals surface area (Å²) < 4.78 is 30.4. The van der Waals surface area contributed by atoms with Crippen LogP contribution in [0, 0.1) is 0 Å². The van der Waals surface area contributed by atoms with Gasteiger partial charge in [0.25, 0.3) is 10.2 Å². The van der Waals surface area contributed by atoms with Gasteiger partial charge in [-0.25, -0.2) is 9.71 Å². The first-order valence-corrected chi connectivity index (χ1v) is 11.7. The van der Waals surface area contributed by atoms with Crippen molar-refractivity contribution in [3.8, 4) is 0 Å². The normalized spacial score (nSPS) is 19.3. The summed E-state index contributed by atoms with van der Waals surface area (Å²) in [5.41, 5.74) is 0.352. The highest BCUT2D eigenvalue weighted by Gasteiger charge is 2.32. The molecule has 3 rings (SSSR count). The maximum atomic E-state index is 12.3. The minimum Gasteiger partial charge on any atom is -0.388 e. The fourth-order valence-corrected chi connectivity index (χ4v) is 4.51. The van der Waals surface area contributed by atoms with Gasteiger partial charge in [0.15, 0.2) is 17.0 Å². The lowest BCUT2D eigenvalue weighted by Crippen LogP contribution is -2.40. The molecule has 0 saturated carbocycles. The van der Waals surface area contributed by atoms with Crippen LogP contribution in [0.4, 0.5) is 11.8 Å². The monoisotopic (exact) mass is 440 g/mol. The lowest BCUT2D eigenvalue weighted by molar-refractivity contribution is 0.0646. The highest BCUT2D eigenvalue weighted by Crippen LogP contribution is 2.25. The molecule has 2 aromatic rings. The van der Waals surface area contributed by atoms with Gasteiger partial charge >= 0.3 is 0 Å². The summed E-state index contributed by atoms with van der Waals surface area (Å²) in [6, 6.07) is -0.379. The van der Waals surface area contributed by atoms with Crippen LogP contribution in [0.5, 0.6) is 0 Å². The minimum atomic E-state index is -3.47. The Kier molecular flexibility index (Phi) is 6.51. The van der Waals surface area contributed by atoms with Gasteiger partial charge in [-0.2, -0.15) is 22.7 Å². The van der Waals surface area contributed by atoms with Gasteiger partial charge in [0.2, 0.25) is 5.95 Å². The third-order valence-electron chi connectivity index (χ3n) is 5.37. The van der Waals surface area contributed by atoms with E-state index in [0.717, 1.165) is 0 Å². The van der Waals surface area contributed by atoms with Gasteiger partial charge in [0, 0.05) is 32.2 Å². The number of imidazole rings is 1. The third-order valence-corrected chi connectivity index (χ3v) is 7.03. The number of rotatable bonds is 9. The third kappa shape index (κ3) is 4.82. The lowest BCUT2D eigenvalue weighted by atomic mass is 10.0. The first-order valence-electron chi connectivity index (χ1n) is 10.3. The van der Waals surface area contributed by atoms with Gasteiger partial charge in [-0.3, -0.25) is 0 Å². The fraction of sp³-hybridized carbons (Fsp3) is 0.722. The van der Waals surface area contributed by atoms with Crippen LogP contribution in [-0.4, -0.2) is 74.7 Å². The molecule has 168 valence electrons. The Morgan fingerprint density at radius 2 is 2.07 bits per heavy atom. The summed E-state index contributed by atoms with van der Waals surface area (Å²) in [4.78, 5) is 13.6. The second-order valence-electron chi connectivity index (χ2n) is 8.11. The molecule has 1 aliphatic heterocycles. The van der Waals surface area contributed by atoms with Gasteiger partial charge in [0.1, 0.15) is 0 Å². The Morgan fingerprint density at radius 1 is 1.33 bits per heavy atom. The van der Waals surface area contributed by atoms with Crippen molar-refractivity contribution in [2.24, 2.45) is 0 Å². The molecule has 2 atom stereocenters. The van der Waals surface area contributed by atoms with Crippen molar-refractivity contribution in [1.29, 1.82) is 0 Å². The number of aryl methyl sites for hydroxylation is 1. The molecule has 11 nitrogen and oxygen atoms in total. The maximum Gasteiger partial charge on any atom is 0.279 e. The highest BCUT2D eigenvalue weighted by atomic mass is 32.2. The Hall–Kier alpha value is -2.02. The average molecular weight is 441 g/mol. The molecule has 12 heteroatoms. The fourth-order valence-electron chi connectivity index (χ4n) is 3.24. The van der Waals surface area contributed by atoms with Crippen LogP contribution in [0.15, 0.2) is 6.33 Å². The Balaban J connectivity index is 1.87. The standard InChI is InChI=1S/C18H32N8O3S/c1-6-20-30(28,29)26-9-8-13(10-26)22-15-14-16(25(7-2)11-19-14)24-17(23-15)21-12(3)18(4,5)27/h11-13,20,27H,6-10H2,1-5H3,(H2,21,22,23,24)/t12-,13+/m1/s1. The van der Waals surface area contributed by atoms with Gasteiger partial charge in [-0.05, 0) is 34.1 Å². The molecule has 0 unspecified atom stereocenters. The van der Waals surface area contributed by atoms with Crippen LogP contribution in [-0.2, 0) is 16.8 Å². The van der Waals surface area contributed by atoms with Crippen LogP contribution in [0.25, 0.3) is 11.2 Å². The Bertz CT molecular complexity index is 985. The number of nitrogens with zero attached hydrogens (tertiary/aromatic N) is 5. The van der Waals surface area contributed by atoms with E-state index in [4.69, 9.17) is 0 Å². The maximum absolute atomic E-state index is 12.3. The first kappa shape index (κ1) is 22.7. The summed E-state index contributed by atoms with van der Waals surface area (Å²) in [6.07, 6.45) is 2.37. The van der Waals surface area contributed by atoms with E-state index in [-0.39, 0.29) is 12.1 Å². The van der Waals surface area contributed by atoms with Gasteiger partial charge in [-0.15, -0.1) is 0 Å². The molecule has 2 aromatic heterocycles. The van der Waals surface area contributed by atoms with Gasteiger partial charge in [-0.1, -0.05) is 6.92 Å². The van der Waals surface area contributed by atoms with E-state index in [2.05, 4.69) is 30.3 Å². The first-order chi connectivity index (χ1) is 14.0. The SMILES string of the molecule is CCNS(=O)(=O)N1CC[C@H](Nc2nc(N[C@H](C)C(C)(C)O)nc3c2ncn3CC)C1. The largest absolute Gasteiger partial charge is 0.388 e. The number of fused-ring (bicyclic) bond motifs is 1. The molecule has 30 heavy (non-hydrogen) atoms. The van der Waals surface area contributed by atoms with E-state index in [1.54, 1.807) is 27.1 Å². The smallest absolute Gasteiger partial charge is 0.279 e. The van der Waals surface area contributed by atoms with E-state index < -0.39 is 15.8 Å².